The molecular formula is C17H16ClN3O3. The summed E-state index contributed by atoms with van der Waals surface area (Å²) in [5, 5.41) is 4.56. The van der Waals surface area contributed by atoms with Crippen LogP contribution in [-0.2, 0) is 0 Å². The maximum Gasteiger partial charge on any atom is 0.187 e. The zero-order chi connectivity index (χ0) is 17.1. The quantitative estimate of drug-likeness (QED) is 0.752. The molecule has 24 heavy (non-hydrogen) atoms. The molecule has 2 aromatic carbocycles. The summed E-state index contributed by atoms with van der Waals surface area (Å²) >= 11 is 6.17. The van der Waals surface area contributed by atoms with Crippen molar-refractivity contribution in [3.8, 4) is 17.2 Å². The van der Waals surface area contributed by atoms with Gasteiger partial charge in [-0.05, 0) is 30.3 Å². The smallest absolute Gasteiger partial charge is 0.187 e. The SMILES string of the molecule is COc1ccc(Nc2ncnc3c(OC)c(OC)ccc23)cc1Cl. The standard InChI is InChI=1S/C17H16ClN3O3/c1-22-13-6-4-10(8-12(13)18)21-17-11-5-7-14(23-2)16(24-3)15(11)19-9-20-17/h4-9H,1-3H3,(H,19,20,21). The maximum atomic E-state index is 6.17. The summed E-state index contributed by atoms with van der Waals surface area (Å²) in [6.45, 7) is 0. The van der Waals surface area contributed by atoms with Gasteiger partial charge < -0.3 is 19.5 Å². The van der Waals surface area contributed by atoms with E-state index in [1.807, 2.05) is 18.2 Å². The fourth-order valence-corrected chi connectivity index (χ4v) is 2.68. The molecular weight excluding hydrogens is 330 g/mol. The van der Waals surface area contributed by atoms with Gasteiger partial charge in [-0.1, -0.05) is 11.6 Å². The summed E-state index contributed by atoms with van der Waals surface area (Å²) in [5.41, 5.74) is 1.45. The van der Waals surface area contributed by atoms with Crippen LogP contribution in [0, 0.1) is 0 Å². The molecule has 0 atom stereocenters. The van der Waals surface area contributed by atoms with Gasteiger partial charge in [0.25, 0.3) is 0 Å². The lowest BCUT2D eigenvalue weighted by Gasteiger charge is -2.13. The Hall–Kier alpha value is -2.73. The van der Waals surface area contributed by atoms with Crippen molar-refractivity contribution in [2.45, 2.75) is 0 Å². The van der Waals surface area contributed by atoms with Crippen molar-refractivity contribution in [1.29, 1.82) is 0 Å². The molecule has 1 N–H and O–H groups in total. The number of aromatic nitrogens is 2. The third kappa shape index (κ3) is 2.88. The number of hydrogen-bond acceptors (Lipinski definition) is 6. The van der Waals surface area contributed by atoms with Gasteiger partial charge in [-0.3, -0.25) is 0 Å². The first kappa shape index (κ1) is 16.1. The lowest BCUT2D eigenvalue weighted by molar-refractivity contribution is 0.358. The molecule has 0 fully saturated rings. The molecule has 1 heterocycles. The Kier molecular flexibility index (Phi) is 4.57. The number of hydrogen-bond donors (Lipinski definition) is 1. The first-order chi connectivity index (χ1) is 11.7. The minimum atomic E-state index is 0.514. The van der Waals surface area contributed by atoms with Crippen molar-refractivity contribution in [1.82, 2.24) is 9.97 Å². The van der Waals surface area contributed by atoms with Crippen LogP contribution in [0.2, 0.25) is 5.02 Å². The topological polar surface area (TPSA) is 65.5 Å². The number of anilines is 2. The monoisotopic (exact) mass is 345 g/mol. The zero-order valence-corrected chi connectivity index (χ0v) is 14.2. The van der Waals surface area contributed by atoms with E-state index in [0.717, 1.165) is 11.1 Å². The fraction of sp³-hybridized carbons (Fsp3) is 0.176. The van der Waals surface area contributed by atoms with Gasteiger partial charge >= 0.3 is 0 Å². The Balaban J connectivity index is 2.05. The zero-order valence-electron chi connectivity index (χ0n) is 13.5. The van der Waals surface area contributed by atoms with Crippen LogP contribution in [0.1, 0.15) is 0 Å². The molecule has 0 amide bonds. The molecule has 0 spiro atoms. The normalized spacial score (nSPS) is 10.5. The molecule has 0 aliphatic heterocycles. The van der Waals surface area contributed by atoms with E-state index in [0.29, 0.717) is 33.6 Å². The van der Waals surface area contributed by atoms with Crippen molar-refractivity contribution in [2.24, 2.45) is 0 Å². The van der Waals surface area contributed by atoms with E-state index in [1.54, 1.807) is 33.5 Å². The van der Waals surface area contributed by atoms with E-state index in [4.69, 9.17) is 25.8 Å². The number of ether oxygens (including phenoxy) is 3. The molecule has 7 heteroatoms. The average molecular weight is 346 g/mol. The minimum absolute atomic E-state index is 0.514. The van der Waals surface area contributed by atoms with Crippen LogP contribution < -0.4 is 19.5 Å². The number of nitrogens with one attached hydrogen (secondary N) is 1. The van der Waals surface area contributed by atoms with E-state index >= 15 is 0 Å². The van der Waals surface area contributed by atoms with Crippen molar-refractivity contribution in [2.75, 3.05) is 26.6 Å². The average Bonchev–Trinajstić information content (AvgIpc) is 2.61. The number of fused-ring (bicyclic) bond motifs is 1. The van der Waals surface area contributed by atoms with Crippen LogP contribution in [0.5, 0.6) is 17.2 Å². The second-order valence-electron chi connectivity index (χ2n) is 4.89. The molecule has 6 nitrogen and oxygen atoms in total. The lowest BCUT2D eigenvalue weighted by atomic mass is 10.2. The molecule has 1 aromatic heterocycles. The fourth-order valence-electron chi connectivity index (χ4n) is 2.42. The van der Waals surface area contributed by atoms with E-state index in [2.05, 4.69) is 15.3 Å². The van der Waals surface area contributed by atoms with Crippen LogP contribution in [0.4, 0.5) is 11.5 Å². The number of rotatable bonds is 5. The molecule has 0 saturated carbocycles. The summed E-state index contributed by atoms with van der Waals surface area (Å²) in [7, 11) is 4.74. The van der Waals surface area contributed by atoms with Gasteiger partial charge in [0.15, 0.2) is 11.5 Å². The van der Waals surface area contributed by atoms with Crippen molar-refractivity contribution >= 4 is 34.0 Å². The minimum Gasteiger partial charge on any atom is -0.495 e. The Labute approximate surface area is 144 Å². The molecule has 0 unspecified atom stereocenters. The van der Waals surface area contributed by atoms with Gasteiger partial charge in [0.05, 0.1) is 26.4 Å². The second kappa shape index (κ2) is 6.80. The van der Waals surface area contributed by atoms with Crippen molar-refractivity contribution < 1.29 is 14.2 Å². The molecule has 0 radical (unpaired) electrons. The van der Waals surface area contributed by atoms with E-state index < -0.39 is 0 Å². The highest BCUT2D eigenvalue weighted by Gasteiger charge is 2.14. The van der Waals surface area contributed by atoms with E-state index in [9.17, 15) is 0 Å². The number of benzene rings is 2. The number of nitrogens with zero attached hydrogens (tertiary/aromatic N) is 2. The van der Waals surface area contributed by atoms with Crippen LogP contribution in [0.15, 0.2) is 36.7 Å². The summed E-state index contributed by atoms with van der Waals surface area (Å²) < 4.78 is 15.9. The van der Waals surface area contributed by atoms with E-state index in [-0.39, 0.29) is 0 Å². The summed E-state index contributed by atoms with van der Waals surface area (Å²) in [5.74, 6) is 2.43. The summed E-state index contributed by atoms with van der Waals surface area (Å²) in [6, 6.07) is 9.12. The molecule has 124 valence electrons. The second-order valence-corrected chi connectivity index (χ2v) is 5.30. The predicted octanol–water partition coefficient (Wildman–Crippen LogP) is 4.05. The van der Waals surface area contributed by atoms with Crippen LogP contribution >= 0.6 is 11.6 Å². The van der Waals surface area contributed by atoms with Gasteiger partial charge in [-0.25, -0.2) is 9.97 Å². The first-order valence-electron chi connectivity index (χ1n) is 7.14. The van der Waals surface area contributed by atoms with Gasteiger partial charge in [0, 0.05) is 11.1 Å². The van der Waals surface area contributed by atoms with Crippen molar-refractivity contribution in [3.63, 3.8) is 0 Å². The third-order valence-corrected chi connectivity index (χ3v) is 3.86. The van der Waals surface area contributed by atoms with Crippen molar-refractivity contribution in [3.05, 3.63) is 41.7 Å². The Morgan fingerprint density at radius 1 is 0.917 bits per heavy atom. The van der Waals surface area contributed by atoms with Gasteiger partial charge in [0.2, 0.25) is 0 Å². The highest BCUT2D eigenvalue weighted by molar-refractivity contribution is 6.32. The van der Waals surface area contributed by atoms with Crippen LogP contribution in [0.3, 0.4) is 0 Å². The molecule has 0 aliphatic rings. The number of halogens is 1. The van der Waals surface area contributed by atoms with Crippen LogP contribution in [-0.4, -0.2) is 31.3 Å². The Morgan fingerprint density at radius 3 is 2.33 bits per heavy atom. The van der Waals surface area contributed by atoms with Gasteiger partial charge in [0.1, 0.15) is 23.4 Å². The van der Waals surface area contributed by atoms with Crippen LogP contribution in [0.25, 0.3) is 10.9 Å². The molecule has 0 aliphatic carbocycles. The van der Waals surface area contributed by atoms with Gasteiger partial charge in [-0.2, -0.15) is 0 Å². The summed E-state index contributed by atoms with van der Waals surface area (Å²) in [6.07, 6.45) is 1.47. The third-order valence-electron chi connectivity index (χ3n) is 3.56. The summed E-state index contributed by atoms with van der Waals surface area (Å²) in [4.78, 5) is 8.62. The highest BCUT2D eigenvalue weighted by atomic mass is 35.5. The number of methoxy groups -OCH3 is 3. The van der Waals surface area contributed by atoms with E-state index in [1.165, 1.54) is 6.33 Å². The molecule has 0 saturated heterocycles. The van der Waals surface area contributed by atoms with Gasteiger partial charge in [-0.15, -0.1) is 0 Å². The predicted molar refractivity (Wildman–Crippen MR) is 93.9 cm³/mol. The lowest BCUT2D eigenvalue weighted by Crippen LogP contribution is -1.99. The largest absolute Gasteiger partial charge is 0.495 e. The molecule has 3 rings (SSSR count). The maximum absolute atomic E-state index is 6.17. The molecule has 0 bridgehead atoms. The molecule has 3 aromatic rings. The highest BCUT2D eigenvalue weighted by Crippen LogP contribution is 2.37. The Morgan fingerprint density at radius 2 is 1.67 bits per heavy atom. The first-order valence-corrected chi connectivity index (χ1v) is 7.52. The Bertz CT molecular complexity index is 886.